The van der Waals surface area contributed by atoms with Gasteiger partial charge in [0.25, 0.3) is 11.8 Å². The Balaban J connectivity index is 1.59. The summed E-state index contributed by atoms with van der Waals surface area (Å²) in [6.07, 6.45) is 3.57. The molecule has 1 saturated heterocycles. The van der Waals surface area contributed by atoms with E-state index in [-0.39, 0.29) is 28.5 Å². The molecular formula is C30H42N4O5S2. The van der Waals surface area contributed by atoms with Crippen LogP contribution in [0.25, 0.3) is 0 Å². The van der Waals surface area contributed by atoms with Crippen LogP contribution in [0.2, 0.25) is 0 Å². The molecule has 0 aliphatic carbocycles. The molecule has 1 N–H and O–H groups in total. The first-order chi connectivity index (χ1) is 19.4. The van der Waals surface area contributed by atoms with Crippen LogP contribution in [0.3, 0.4) is 0 Å². The topological polar surface area (TPSA) is 107 Å². The number of amides is 3. The van der Waals surface area contributed by atoms with E-state index >= 15 is 0 Å². The molecular weight excluding hydrogens is 560 g/mol. The molecule has 41 heavy (non-hydrogen) atoms. The highest BCUT2D eigenvalue weighted by Crippen LogP contribution is 2.38. The van der Waals surface area contributed by atoms with Gasteiger partial charge < -0.3 is 15.1 Å². The molecule has 11 heteroatoms. The van der Waals surface area contributed by atoms with Gasteiger partial charge in [0, 0.05) is 50.1 Å². The predicted molar refractivity (Wildman–Crippen MR) is 162 cm³/mol. The third-order valence-electron chi connectivity index (χ3n) is 7.48. The number of sulfonamides is 1. The van der Waals surface area contributed by atoms with Crippen LogP contribution in [-0.2, 0) is 27.8 Å². The molecule has 2 aliphatic rings. The Bertz CT molecular complexity index is 1370. The molecule has 0 spiro atoms. The van der Waals surface area contributed by atoms with Gasteiger partial charge in [0.15, 0.2) is 0 Å². The number of piperidine rings is 1. The molecule has 1 aromatic heterocycles. The average molecular weight is 603 g/mol. The summed E-state index contributed by atoms with van der Waals surface area (Å²) in [5.41, 5.74) is 1.74. The van der Waals surface area contributed by atoms with Crippen molar-refractivity contribution in [2.45, 2.75) is 71.7 Å². The van der Waals surface area contributed by atoms with Gasteiger partial charge in [0.2, 0.25) is 15.9 Å². The van der Waals surface area contributed by atoms with Crippen molar-refractivity contribution >= 4 is 44.1 Å². The maximum Gasteiger partial charge on any atom is 0.257 e. The Morgan fingerprint density at radius 3 is 2.10 bits per heavy atom. The molecule has 224 valence electrons. The zero-order valence-electron chi connectivity index (χ0n) is 24.7. The number of carbonyl (C=O) groups excluding carboxylic acids is 3. The predicted octanol–water partition coefficient (Wildman–Crippen LogP) is 4.83. The van der Waals surface area contributed by atoms with Crippen LogP contribution in [0.1, 0.15) is 85.0 Å². The minimum Gasteiger partial charge on any atom is -0.339 e. The smallest absolute Gasteiger partial charge is 0.257 e. The molecule has 2 aromatic rings. The summed E-state index contributed by atoms with van der Waals surface area (Å²) in [5, 5.41) is 3.43. The van der Waals surface area contributed by atoms with Crippen LogP contribution in [0.4, 0.5) is 5.00 Å². The fourth-order valence-electron chi connectivity index (χ4n) is 5.43. The molecule has 3 heterocycles. The first-order valence-corrected chi connectivity index (χ1v) is 16.7. The minimum absolute atomic E-state index is 0.0195. The molecule has 0 unspecified atom stereocenters. The largest absolute Gasteiger partial charge is 0.339 e. The number of carbonyl (C=O) groups is 3. The molecule has 1 fully saturated rings. The summed E-state index contributed by atoms with van der Waals surface area (Å²) in [6, 6.07) is 5.98. The van der Waals surface area contributed by atoms with E-state index in [1.54, 1.807) is 4.90 Å². The van der Waals surface area contributed by atoms with Gasteiger partial charge in [-0.3, -0.25) is 14.4 Å². The first-order valence-electron chi connectivity index (χ1n) is 14.5. The van der Waals surface area contributed by atoms with Crippen molar-refractivity contribution in [2.24, 2.45) is 11.8 Å². The summed E-state index contributed by atoms with van der Waals surface area (Å²) in [7, 11) is -3.72. The Hall–Kier alpha value is -2.76. The van der Waals surface area contributed by atoms with Crippen molar-refractivity contribution < 1.29 is 22.8 Å². The summed E-state index contributed by atoms with van der Waals surface area (Å²) < 4.78 is 28.3. The third kappa shape index (κ3) is 7.18. The van der Waals surface area contributed by atoms with Crippen molar-refractivity contribution in [2.75, 3.05) is 38.0 Å². The van der Waals surface area contributed by atoms with Crippen LogP contribution in [0.15, 0.2) is 29.2 Å². The summed E-state index contributed by atoms with van der Waals surface area (Å²) >= 11 is 1.35. The zero-order valence-corrected chi connectivity index (χ0v) is 26.4. The van der Waals surface area contributed by atoms with Crippen LogP contribution in [-0.4, -0.2) is 73.0 Å². The Kier molecular flexibility index (Phi) is 9.92. The van der Waals surface area contributed by atoms with Crippen LogP contribution < -0.4 is 5.32 Å². The van der Waals surface area contributed by atoms with Gasteiger partial charge in [-0.2, -0.15) is 4.31 Å². The lowest BCUT2D eigenvalue weighted by Crippen LogP contribution is -2.38. The molecule has 0 atom stereocenters. The molecule has 9 nitrogen and oxygen atoms in total. The van der Waals surface area contributed by atoms with Gasteiger partial charge in [0.1, 0.15) is 5.00 Å². The van der Waals surface area contributed by atoms with E-state index in [1.165, 1.54) is 46.8 Å². The lowest BCUT2D eigenvalue weighted by atomic mass is 10.0. The maximum absolute atomic E-state index is 13.7. The molecule has 4 rings (SSSR count). The average Bonchev–Trinajstić information content (AvgIpc) is 3.29. The van der Waals surface area contributed by atoms with Crippen molar-refractivity contribution in [3.8, 4) is 0 Å². The monoisotopic (exact) mass is 602 g/mol. The van der Waals surface area contributed by atoms with E-state index in [0.717, 1.165) is 29.7 Å². The number of hydrogen-bond donors (Lipinski definition) is 1. The van der Waals surface area contributed by atoms with E-state index in [4.69, 9.17) is 0 Å². The highest BCUT2D eigenvalue weighted by atomic mass is 32.2. The fraction of sp³-hybridized carbons (Fsp3) is 0.567. The number of benzene rings is 1. The lowest BCUT2D eigenvalue weighted by molar-refractivity contribution is -0.129. The maximum atomic E-state index is 13.7. The highest BCUT2D eigenvalue weighted by molar-refractivity contribution is 7.89. The van der Waals surface area contributed by atoms with Crippen molar-refractivity contribution in [1.29, 1.82) is 0 Å². The van der Waals surface area contributed by atoms with Gasteiger partial charge in [-0.15, -0.1) is 11.3 Å². The van der Waals surface area contributed by atoms with Gasteiger partial charge in [-0.1, -0.05) is 27.7 Å². The summed E-state index contributed by atoms with van der Waals surface area (Å²) in [6.45, 7) is 12.7. The Morgan fingerprint density at radius 2 is 1.54 bits per heavy atom. The van der Waals surface area contributed by atoms with Gasteiger partial charge in [0.05, 0.1) is 17.0 Å². The standard InChI is InChI=1S/C30H42N4O5S2/c1-20(2)17-34(18-21(3)4)41(38,39)24-11-9-23(10-12-24)28(36)31-29-27(30(37)32-14-7-6-8-15-32)25-13-16-33(22(5)35)19-26(25)40-29/h9-12,20-21H,6-8,13-19H2,1-5H3,(H,31,36). The highest BCUT2D eigenvalue weighted by Gasteiger charge is 2.32. The second-order valence-corrected chi connectivity index (χ2v) is 14.9. The Morgan fingerprint density at radius 1 is 0.927 bits per heavy atom. The third-order valence-corrected chi connectivity index (χ3v) is 10.5. The molecule has 3 amide bonds. The van der Waals surface area contributed by atoms with Crippen LogP contribution in [0.5, 0.6) is 0 Å². The number of rotatable bonds is 9. The molecule has 0 saturated carbocycles. The molecule has 0 radical (unpaired) electrons. The van der Waals surface area contributed by atoms with Crippen molar-refractivity contribution in [1.82, 2.24) is 14.1 Å². The van der Waals surface area contributed by atoms with Gasteiger partial charge in [-0.05, 0) is 67.3 Å². The summed E-state index contributed by atoms with van der Waals surface area (Å²) in [5.74, 6) is -0.159. The van der Waals surface area contributed by atoms with Gasteiger partial charge in [-0.25, -0.2) is 8.42 Å². The number of nitrogens with one attached hydrogen (secondary N) is 1. The van der Waals surface area contributed by atoms with Crippen LogP contribution >= 0.6 is 11.3 Å². The number of likely N-dealkylation sites (tertiary alicyclic amines) is 1. The van der Waals surface area contributed by atoms with Gasteiger partial charge >= 0.3 is 0 Å². The van der Waals surface area contributed by atoms with E-state index in [9.17, 15) is 22.8 Å². The molecule has 0 bridgehead atoms. The van der Waals surface area contributed by atoms with E-state index in [0.29, 0.717) is 61.8 Å². The first kappa shape index (κ1) is 31.2. The second kappa shape index (κ2) is 13.0. The van der Waals surface area contributed by atoms with E-state index in [1.807, 2.05) is 32.6 Å². The number of nitrogens with zero attached hydrogens (tertiary/aromatic N) is 3. The molecule has 1 aromatic carbocycles. The van der Waals surface area contributed by atoms with E-state index in [2.05, 4.69) is 5.32 Å². The minimum atomic E-state index is -3.72. The number of anilines is 1. The Labute approximate surface area is 247 Å². The quantitative estimate of drug-likeness (QED) is 0.442. The lowest BCUT2D eigenvalue weighted by Gasteiger charge is -2.29. The summed E-state index contributed by atoms with van der Waals surface area (Å²) in [4.78, 5) is 43.8. The van der Waals surface area contributed by atoms with Crippen LogP contribution in [0, 0.1) is 11.8 Å². The fourth-order valence-corrected chi connectivity index (χ4v) is 8.45. The second-order valence-electron chi connectivity index (χ2n) is 11.8. The van der Waals surface area contributed by atoms with Crippen molar-refractivity contribution in [3.63, 3.8) is 0 Å². The van der Waals surface area contributed by atoms with Crippen molar-refractivity contribution in [3.05, 3.63) is 45.8 Å². The number of thiophene rings is 1. The normalized spacial score (nSPS) is 15.9. The SMILES string of the molecule is CC(=O)N1CCc2c(sc(NC(=O)c3ccc(S(=O)(=O)N(CC(C)C)CC(C)C)cc3)c2C(=O)N2CCCCC2)C1. The number of hydrogen-bond acceptors (Lipinski definition) is 6. The molecule has 2 aliphatic heterocycles. The zero-order chi connectivity index (χ0) is 29.9. The van der Waals surface area contributed by atoms with E-state index < -0.39 is 15.9 Å². The number of fused-ring (bicyclic) bond motifs is 1.